The van der Waals surface area contributed by atoms with Gasteiger partial charge in [-0.1, -0.05) is 31.0 Å². The molecule has 0 spiro atoms. The van der Waals surface area contributed by atoms with Crippen LogP contribution in [0.2, 0.25) is 0 Å². The zero-order valence-corrected chi connectivity index (χ0v) is 8.38. The lowest BCUT2D eigenvalue weighted by Gasteiger charge is -1.99. The molecule has 1 aromatic rings. The Morgan fingerprint density at radius 2 is 1.92 bits per heavy atom. The molecule has 0 atom stereocenters. The highest BCUT2D eigenvalue weighted by atomic mass is 32.2. The average Bonchev–Trinajstić information content (AvgIpc) is 2.20. The van der Waals surface area contributed by atoms with Gasteiger partial charge in [0.2, 0.25) is 0 Å². The zero-order valence-electron chi connectivity index (χ0n) is 7.56. The maximum absolute atomic E-state index is 7.83. The summed E-state index contributed by atoms with van der Waals surface area (Å²) in [5.41, 5.74) is 6.10. The Bertz CT molecular complexity index is 232. The molecule has 5 heteroatoms. The van der Waals surface area contributed by atoms with Crippen LogP contribution in [-0.4, -0.2) is 5.26 Å². The van der Waals surface area contributed by atoms with E-state index in [1.54, 1.807) is 24.3 Å². The summed E-state index contributed by atoms with van der Waals surface area (Å²) in [6.07, 6.45) is 0. The summed E-state index contributed by atoms with van der Waals surface area (Å²) < 4.78 is 4.19. The van der Waals surface area contributed by atoms with Crippen molar-refractivity contribution in [2.75, 3.05) is 5.73 Å². The third kappa shape index (κ3) is 4.74. The van der Waals surface area contributed by atoms with E-state index in [0.717, 1.165) is 12.0 Å². The van der Waals surface area contributed by atoms with Gasteiger partial charge in [-0.3, -0.25) is 0 Å². The van der Waals surface area contributed by atoms with Gasteiger partial charge in [-0.25, -0.2) is 5.26 Å². The predicted molar refractivity (Wildman–Crippen MR) is 52.9 cm³/mol. The molecular formula is C8H13NO3S. The fraction of sp³-hybridized carbons (Fsp3) is 0.250. The standard InChI is InChI=1S/C6H7NO3S.C2H6/c7-5-3-1-2-4-6(5)11-10-9-8;1-2/h1-4,8H,7H2;1-2H3. The van der Waals surface area contributed by atoms with E-state index in [4.69, 9.17) is 11.0 Å². The Morgan fingerprint density at radius 3 is 2.46 bits per heavy atom. The fourth-order valence-electron chi connectivity index (χ4n) is 0.608. The first-order valence-electron chi connectivity index (χ1n) is 3.84. The molecule has 0 aliphatic carbocycles. The quantitative estimate of drug-likeness (QED) is 0.342. The minimum atomic E-state index is 0.578. The van der Waals surface area contributed by atoms with Crippen molar-refractivity contribution in [2.24, 2.45) is 0 Å². The number of hydrogen-bond donors (Lipinski definition) is 2. The molecule has 0 saturated heterocycles. The summed E-state index contributed by atoms with van der Waals surface area (Å²) in [4.78, 5) is 0.696. The Hall–Kier alpha value is -0.750. The molecule has 1 rings (SSSR count). The Labute approximate surface area is 81.7 Å². The Morgan fingerprint density at radius 1 is 1.31 bits per heavy atom. The fourth-order valence-corrected chi connectivity index (χ4v) is 1.01. The van der Waals surface area contributed by atoms with E-state index >= 15 is 0 Å². The minimum absolute atomic E-state index is 0.578. The molecular weight excluding hydrogens is 190 g/mol. The van der Waals surface area contributed by atoms with Crippen LogP contribution in [0.4, 0.5) is 5.69 Å². The molecule has 0 fully saturated rings. The van der Waals surface area contributed by atoms with Crippen LogP contribution in [0.1, 0.15) is 13.8 Å². The third-order valence-electron chi connectivity index (χ3n) is 1.07. The van der Waals surface area contributed by atoms with E-state index in [1.165, 1.54) is 0 Å². The van der Waals surface area contributed by atoms with E-state index < -0.39 is 0 Å². The molecule has 74 valence electrons. The minimum Gasteiger partial charge on any atom is -0.398 e. The largest absolute Gasteiger partial charge is 0.398 e. The van der Waals surface area contributed by atoms with Crippen molar-refractivity contribution < 1.29 is 14.6 Å². The molecule has 0 unspecified atom stereocenters. The maximum atomic E-state index is 7.83. The van der Waals surface area contributed by atoms with Gasteiger partial charge in [-0.15, -0.1) is 4.33 Å². The molecule has 0 saturated carbocycles. The van der Waals surface area contributed by atoms with Gasteiger partial charge in [-0.2, -0.15) is 0 Å². The summed E-state index contributed by atoms with van der Waals surface area (Å²) in [5, 5.41) is 11.2. The van der Waals surface area contributed by atoms with Gasteiger partial charge in [0.05, 0.1) is 16.9 Å². The smallest absolute Gasteiger partial charge is 0.0736 e. The molecule has 0 amide bonds. The predicted octanol–water partition coefficient (Wildman–Crippen LogP) is 2.72. The van der Waals surface area contributed by atoms with E-state index in [0.29, 0.717) is 10.6 Å². The highest BCUT2D eigenvalue weighted by Gasteiger charge is 1.98. The van der Waals surface area contributed by atoms with E-state index in [1.807, 2.05) is 13.8 Å². The number of rotatable bonds is 3. The van der Waals surface area contributed by atoms with Gasteiger partial charge in [0.25, 0.3) is 0 Å². The molecule has 0 aromatic heterocycles. The van der Waals surface area contributed by atoms with Crippen molar-refractivity contribution in [3.05, 3.63) is 24.3 Å². The molecule has 0 aliphatic heterocycles. The lowest BCUT2D eigenvalue weighted by molar-refractivity contribution is -0.432. The summed E-state index contributed by atoms with van der Waals surface area (Å²) in [5.74, 6) is 0. The zero-order chi connectivity index (χ0) is 10.1. The van der Waals surface area contributed by atoms with Crippen LogP contribution in [-0.2, 0) is 9.37 Å². The highest BCUT2D eigenvalue weighted by Crippen LogP contribution is 2.24. The first-order chi connectivity index (χ1) is 6.34. The molecule has 0 bridgehead atoms. The number of benzene rings is 1. The second-order valence-corrected chi connectivity index (χ2v) is 2.51. The normalized spacial score (nSPS) is 8.85. The lowest BCUT2D eigenvalue weighted by Crippen LogP contribution is -1.87. The van der Waals surface area contributed by atoms with Crippen molar-refractivity contribution in [1.29, 1.82) is 0 Å². The molecule has 0 aliphatic rings. The molecule has 1 aromatic carbocycles. The summed E-state index contributed by atoms with van der Waals surface area (Å²) in [7, 11) is 0. The van der Waals surface area contributed by atoms with Gasteiger partial charge in [0.15, 0.2) is 0 Å². The second-order valence-electron chi connectivity index (χ2n) is 1.76. The van der Waals surface area contributed by atoms with Crippen molar-refractivity contribution in [3.8, 4) is 0 Å². The molecule has 0 radical (unpaired) electrons. The molecule has 4 nitrogen and oxygen atoms in total. The van der Waals surface area contributed by atoms with Crippen molar-refractivity contribution in [2.45, 2.75) is 18.7 Å². The van der Waals surface area contributed by atoms with E-state index in [-0.39, 0.29) is 0 Å². The van der Waals surface area contributed by atoms with Gasteiger partial charge in [0.1, 0.15) is 0 Å². The van der Waals surface area contributed by atoms with Crippen molar-refractivity contribution in [1.82, 2.24) is 0 Å². The first kappa shape index (κ1) is 12.2. The first-order valence-corrected chi connectivity index (χ1v) is 4.58. The third-order valence-corrected chi connectivity index (χ3v) is 1.75. The number of hydrogen-bond acceptors (Lipinski definition) is 5. The number of nitrogens with two attached hydrogens (primary N) is 1. The molecule has 13 heavy (non-hydrogen) atoms. The van der Waals surface area contributed by atoms with Crippen LogP contribution in [0.3, 0.4) is 0 Å². The Kier molecular flexibility index (Phi) is 7.42. The van der Waals surface area contributed by atoms with E-state index in [2.05, 4.69) is 9.37 Å². The Balaban J connectivity index is 0.000000671. The van der Waals surface area contributed by atoms with Crippen molar-refractivity contribution in [3.63, 3.8) is 0 Å². The van der Waals surface area contributed by atoms with Crippen molar-refractivity contribution >= 4 is 17.7 Å². The topological polar surface area (TPSA) is 64.7 Å². The van der Waals surface area contributed by atoms with Crippen LogP contribution in [0.25, 0.3) is 0 Å². The summed E-state index contributed by atoms with van der Waals surface area (Å²) >= 11 is 0.850. The number of anilines is 1. The van der Waals surface area contributed by atoms with Crippen LogP contribution in [0.15, 0.2) is 29.2 Å². The van der Waals surface area contributed by atoms with Gasteiger partial charge >= 0.3 is 0 Å². The van der Waals surface area contributed by atoms with Gasteiger partial charge in [-0.05, 0) is 12.1 Å². The van der Waals surface area contributed by atoms with E-state index in [9.17, 15) is 0 Å². The van der Waals surface area contributed by atoms with Gasteiger partial charge < -0.3 is 5.73 Å². The summed E-state index contributed by atoms with van der Waals surface area (Å²) in [6, 6.07) is 7.08. The number of nitrogen functional groups attached to an aromatic ring is 1. The number of para-hydroxylation sites is 1. The summed E-state index contributed by atoms with van der Waals surface area (Å²) in [6.45, 7) is 4.00. The van der Waals surface area contributed by atoms with Crippen LogP contribution >= 0.6 is 12.0 Å². The molecule has 0 heterocycles. The SMILES string of the molecule is CC.Nc1ccccc1SOOO. The monoisotopic (exact) mass is 203 g/mol. The van der Waals surface area contributed by atoms with Gasteiger partial charge in [0, 0.05) is 5.69 Å². The lowest BCUT2D eigenvalue weighted by atomic mass is 10.3. The van der Waals surface area contributed by atoms with Crippen LogP contribution in [0, 0.1) is 0 Å². The second kappa shape index (κ2) is 7.88. The molecule has 3 N–H and O–H groups in total. The van der Waals surface area contributed by atoms with Crippen LogP contribution in [0.5, 0.6) is 0 Å². The maximum Gasteiger partial charge on any atom is 0.0736 e. The van der Waals surface area contributed by atoms with Crippen LogP contribution < -0.4 is 5.73 Å². The average molecular weight is 203 g/mol. The highest BCUT2D eigenvalue weighted by molar-refractivity contribution is 7.94.